The number of aromatic nitrogens is 3. The molecule has 0 saturated carbocycles. The third kappa shape index (κ3) is 3.15. The Morgan fingerprint density at radius 2 is 2.21 bits per heavy atom. The van der Waals surface area contributed by atoms with E-state index in [1.807, 2.05) is 0 Å². The smallest absolute Gasteiger partial charge is 0.339 e. The van der Waals surface area contributed by atoms with Crippen LogP contribution in [0, 0.1) is 5.92 Å². The zero-order chi connectivity index (χ0) is 13.8. The Morgan fingerprint density at radius 1 is 1.42 bits per heavy atom. The topological polar surface area (TPSA) is 78.1 Å². The minimum absolute atomic E-state index is 0.354. The third-order valence-corrected chi connectivity index (χ3v) is 2.46. The van der Waals surface area contributed by atoms with E-state index in [2.05, 4.69) is 33.7 Å². The summed E-state index contributed by atoms with van der Waals surface area (Å²) in [6.07, 6.45) is 2.18. The van der Waals surface area contributed by atoms with Crippen molar-refractivity contribution in [3.63, 3.8) is 0 Å². The van der Waals surface area contributed by atoms with E-state index < -0.39 is 5.97 Å². The predicted octanol–water partition coefficient (Wildman–Crippen LogP) is 2.12. The molecule has 0 spiro atoms. The van der Waals surface area contributed by atoms with Crippen LogP contribution in [0.15, 0.2) is 22.9 Å². The Hall–Kier alpha value is -2.24. The molecule has 0 bridgehead atoms. The number of carbonyl (C=O) groups is 1. The Labute approximate surface area is 110 Å². The first-order chi connectivity index (χ1) is 9.10. The number of nitrogens with zero attached hydrogens (tertiary/aromatic N) is 3. The van der Waals surface area contributed by atoms with E-state index in [0.717, 1.165) is 6.42 Å². The fourth-order valence-electron chi connectivity index (χ4n) is 1.57. The molecule has 0 saturated heterocycles. The molecule has 2 aromatic rings. The van der Waals surface area contributed by atoms with Gasteiger partial charge in [-0.05, 0) is 18.1 Å². The van der Waals surface area contributed by atoms with Gasteiger partial charge < -0.3 is 9.26 Å². The number of carbonyl (C=O) groups excluding carboxylic acids is 1. The highest BCUT2D eigenvalue weighted by Crippen LogP contribution is 2.16. The van der Waals surface area contributed by atoms with Gasteiger partial charge in [-0.25, -0.2) is 4.79 Å². The van der Waals surface area contributed by atoms with Crippen LogP contribution >= 0.6 is 0 Å². The Balaban J connectivity index is 2.18. The first-order valence-electron chi connectivity index (χ1n) is 5.97. The van der Waals surface area contributed by atoms with Crippen LogP contribution in [-0.2, 0) is 11.2 Å². The fraction of sp³-hybridized carbons (Fsp3) is 0.385. The van der Waals surface area contributed by atoms with Crippen LogP contribution in [0.3, 0.4) is 0 Å². The van der Waals surface area contributed by atoms with Gasteiger partial charge in [-0.3, -0.25) is 4.98 Å². The lowest BCUT2D eigenvalue weighted by molar-refractivity contribution is 0.0600. The first-order valence-corrected chi connectivity index (χ1v) is 5.97. The van der Waals surface area contributed by atoms with Crippen molar-refractivity contribution in [2.24, 2.45) is 5.92 Å². The average Bonchev–Trinajstić information content (AvgIpc) is 2.85. The van der Waals surface area contributed by atoms with Crippen LogP contribution in [0.1, 0.15) is 30.0 Å². The van der Waals surface area contributed by atoms with Crippen molar-refractivity contribution in [1.29, 1.82) is 0 Å². The zero-order valence-electron chi connectivity index (χ0n) is 11.1. The summed E-state index contributed by atoms with van der Waals surface area (Å²) in [7, 11) is 1.33. The SMILES string of the molecule is COC(=O)c1ccc(-c2nc(CC(C)C)no2)nc1. The number of rotatable bonds is 4. The molecule has 0 N–H and O–H groups in total. The molecule has 2 heterocycles. The summed E-state index contributed by atoms with van der Waals surface area (Å²) in [5.74, 6) is 1.04. The molecule has 0 aromatic carbocycles. The van der Waals surface area contributed by atoms with E-state index in [-0.39, 0.29) is 0 Å². The molecule has 0 amide bonds. The number of esters is 1. The number of methoxy groups -OCH3 is 1. The highest BCUT2D eigenvalue weighted by Gasteiger charge is 2.12. The van der Waals surface area contributed by atoms with Gasteiger partial charge in [0, 0.05) is 12.6 Å². The van der Waals surface area contributed by atoms with Crippen LogP contribution in [0.4, 0.5) is 0 Å². The standard InChI is InChI=1S/C13H15N3O3/c1-8(2)6-11-15-12(19-16-11)10-5-4-9(7-14-10)13(17)18-3/h4-5,7-8H,6H2,1-3H3. The molecule has 100 valence electrons. The van der Waals surface area contributed by atoms with Crippen molar-refractivity contribution in [2.45, 2.75) is 20.3 Å². The van der Waals surface area contributed by atoms with Gasteiger partial charge in [-0.1, -0.05) is 19.0 Å². The van der Waals surface area contributed by atoms with Gasteiger partial charge in [0.2, 0.25) is 0 Å². The van der Waals surface area contributed by atoms with Crippen molar-refractivity contribution in [3.05, 3.63) is 29.7 Å². The summed E-state index contributed by atoms with van der Waals surface area (Å²) in [4.78, 5) is 19.6. The molecule has 2 aromatic heterocycles. The van der Waals surface area contributed by atoms with Crippen molar-refractivity contribution in [1.82, 2.24) is 15.1 Å². The molecule has 0 radical (unpaired) electrons. The molecule has 0 aliphatic carbocycles. The van der Waals surface area contributed by atoms with Gasteiger partial charge in [0.05, 0.1) is 12.7 Å². The van der Waals surface area contributed by atoms with Gasteiger partial charge in [0.1, 0.15) is 5.69 Å². The Kier molecular flexibility index (Phi) is 3.89. The maximum atomic E-state index is 11.3. The van der Waals surface area contributed by atoms with Crippen LogP contribution in [0.5, 0.6) is 0 Å². The normalized spacial score (nSPS) is 10.7. The fourth-order valence-corrected chi connectivity index (χ4v) is 1.57. The van der Waals surface area contributed by atoms with Crippen molar-refractivity contribution >= 4 is 5.97 Å². The molecule has 6 heteroatoms. The Bertz CT molecular complexity index is 561. The van der Waals surface area contributed by atoms with Gasteiger partial charge in [-0.2, -0.15) is 4.98 Å². The molecule has 19 heavy (non-hydrogen) atoms. The molecular formula is C13H15N3O3. The number of ether oxygens (including phenoxy) is 1. The van der Waals surface area contributed by atoms with Crippen molar-refractivity contribution in [2.75, 3.05) is 7.11 Å². The molecule has 0 atom stereocenters. The molecule has 6 nitrogen and oxygen atoms in total. The molecule has 0 aliphatic rings. The van der Waals surface area contributed by atoms with Crippen molar-refractivity contribution in [3.8, 4) is 11.6 Å². The molecule has 0 fully saturated rings. The maximum Gasteiger partial charge on any atom is 0.339 e. The largest absolute Gasteiger partial charge is 0.465 e. The van der Waals surface area contributed by atoms with E-state index >= 15 is 0 Å². The second-order valence-electron chi connectivity index (χ2n) is 4.54. The third-order valence-electron chi connectivity index (χ3n) is 2.46. The van der Waals surface area contributed by atoms with Crippen LogP contribution < -0.4 is 0 Å². The predicted molar refractivity (Wildman–Crippen MR) is 67.4 cm³/mol. The highest BCUT2D eigenvalue weighted by molar-refractivity contribution is 5.89. The van der Waals surface area contributed by atoms with Crippen molar-refractivity contribution < 1.29 is 14.1 Å². The second-order valence-corrected chi connectivity index (χ2v) is 4.54. The zero-order valence-corrected chi connectivity index (χ0v) is 11.1. The summed E-state index contributed by atoms with van der Waals surface area (Å²) < 4.78 is 9.74. The quantitative estimate of drug-likeness (QED) is 0.784. The number of hydrogen-bond donors (Lipinski definition) is 0. The monoisotopic (exact) mass is 261 g/mol. The first kappa shape index (κ1) is 13.2. The molecule has 0 aliphatic heterocycles. The van der Waals surface area contributed by atoms with Crippen LogP contribution in [0.2, 0.25) is 0 Å². The summed E-state index contributed by atoms with van der Waals surface area (Å²) in [5.41, 5.74) is 0.920. The average molecular weight is 261 g/mol. The molecule has 0 unspecified atom stereocenters. The van der Waals surface area contributed by atoms with Gasteiger partial charge >= 0.3 is 5.97 Å². The van der Waals surface area contributed by atoms with E-state index in [1.54, 1.807) is 12.1 Å². The molecule has 2 rings (SSSR count). The highest BCUT2D eigenvalue weighted by atomic mass is 16.5. The van der Waals surface area contributed by atoms with Gasteiger partial charge in [0.25, 0.3) is 5.89 Å². The maximum absolute atomic E-state index is 11.3. The van der Waals surface area contributed by atoms with Gasteiger partial charge in [-0.15, -0.1) is 0 Å². The minimum atomic E-state index is -0.426. The molecular weight excluding hydrogens is 246 g/mol. The summed E-state index contributed by atoms with van der Waals surface area (Å²) in [5, 5.41) is 3.89. The lowest BCUT2D eigenvalue weighted by Crippen LogP contribution is -2.01. The Morgan fingerprint density at radius 3 is 2.79 bits per heavy atom. The van der Waals surface area contributed by atoms with E-state index in [9.17, 15) is 4.79 Å². The van der Waals surface area contributed by atoms with Gasteiger partial charge in [0.15, 0.2) is 5.82 Å². The lowest BCUT2D eigenvalue weighted by atomic mass is 10.1. The summed E-state index contributed by atoms with van der Waals surface area (Å²) in [6, 6.07) is 3.26. The lowest BCUT2D eigenvalue weighted by Gasteiger charge is -1.98. The minimum Gasteiger partial charge on any atom is -0.465 e. The number of pyridine rings is 1. The number of hydrogen-bond acceptors (Lipinski definition) is 6. The van der Waals surface area contributed by atoms with Crippen LogP contribution in [-0.4, -0.2) is 28.2 Å². The van der Waals surface area contributed by atoms with E-state index in [1.165, 1.54) is 13.3 Å². The summed E-state index contributed by atoms with van der Waals surface area (Å²) in [6.45, 7) is 4.17. The van der Waals surface area contributed by atoms with E-state index in [0.29, 0.717) is 28.9 Å². The van der Waals surface area contributed by atoms with E-state index in [4.69, 9.17) is 4.52 Å². The second kappa shape index (κ2) is 5.60. The van der Waals surface area contributed by atoms with Crippen LogP contribution in [0.25, 0.3) is 11.6 Å². The summed E-state index contributed by atoms with van der Waals surface area (Å²) >= 11 is 0.